The van der Waals surface area contributed by atoms with Crippen LogP contribution in [-0.2, 0) is 0 Å². The van der Waals surface area contributed by atoms with Gasteiger partial charge in [0.25, 0.3) is 0 Å². The van der Waals surface area contributed by atoms with E-state index in [-0.39, 0.29) is 18.5 Å². The highest BCUT2D eigenvalue weighted by molar-refractivity contribution is 6.18. The van der Waals surface area contributed by atoms with Gasteiger partial charge in [-0.3, -0.25) is 0 Å². The molecule has 6 nitrogen and oxygen atoms in total. The number of alkyl halides is 1. The minimum atomic E-state index is -0.508. The number of carbonyl (C=O) groups is 1. The molecule has 2 amide bonds. The van der Waals surface area contributed by atoms with Crippen LogP contribution in [0, 0.1) is 10.8 Å². The second-order valence-corrected chi connectivity index (χ2v) is 4.63. The van der Waals surface area contributed by atoms with Crippen LogP contribution in [0.3, 0.4) is 0 Å². The summed E-state index contributed by atoms with van der Waals surface area (Å²) in [7, 11) is 0. The van der Waals surface area contributed by atoms with E-state index >= 15 is 0 Å². The lowest BCUT2D eigenvalue weighted by Gasteiger charge is -2.25. The van der Waals surface area contributed by atoms with Crippen LogP contribution in [0.2, 0.25) is 0 Å². The maximum atomic E-state index is 11.5. The molecule has 0 saturated heterocycles. The zero-order valence-corrected chi connectivity index (χ0v) is 10.4. The first-order valence-corrected chi connectivity index (χ1v) is 6.33. The fraction of sp³-hybridized carbons (Fsp3) is 0.900. The maximum absolute atomic E-state index is 11.5. The third-order valence-corrected chi connectivity index (χ3v) is 3.16. The van der Waals surface area contributed by atoms with Gasteiger partial charge in [0.2, 0.25) is 0 Å². The minimum Gasteiger partial charge on any atom is -0.393 e. The molecule has 17 heavy (non-hydrogen) atoms. The molecule has 1 saturated carbocycles. The van der Waals surface area contributed by atoms with Gasteiger partial charge in [-0.05, 0) is 31.6 Å². The van der Waals surface area contributed by atoms with Gasteiger partial charge in [0.05, 0.1) is 17.9 Å². The van der Waals surface area contributed by atoms with Crippen molar-refractivity contribution in [2.24, 2.45) is 11.2 Å². The lowest BCUT2D eigenvalue weighted by atomic mass is 9.87. The second-order valence-electron chi connectivity index (χ2n) is 4.25. The highest BCUT2D eigenvalue weighted by Crippen LogP contribution is 2.23. The summed E-state index contributed by atoms with van der Waals surface area (Å²) in [6, 6.07) is -0.508. The molecular formula is C10H18ClN3O3. The van der Waals surface area contributed by atoms with Crippen LogP contribution in [0.5, 0.6) is 0 Å². The van der Waals surface area contributed by atoms with Gasteiger partial charge >= 0.3 is 6.03 Å². The van der Waals surface area contributed by atoms with Crippen molar-refractivity contribution in [2.75, 3.05) is 19.0 Å². The van der Waals surface area contributed by atoms with Gasteiger partial charge in [-0.15, -0.1) is 16.5 Å². The number of carbonyl (C=O) groups excluding carboxylic acids is 1. The van der Waals surface area contributed by atoms with Crippen LogP contribution in [0.1, 0.15) is 25.7 Å². The Kier molecular flexibility index (Phi) is 6.21. The van der Waals surface area contributed by atoms with E-state index < -0.39 is 6.03 Å². The van der Waals surface area contributed by atoms with E-state index in [9.17, 15) is 14.8 Å². The Bertz CT molecular complexity index is 257. The van der Waals surface area contributed by atoms with Crippen LogP contribution in [0.4, 0.5) is 4.79 Å². The number of urea groups is 1. The van der Waals surface area contributed by atoms with Crippen molar-refractivity contribution in [1.82, 2.24) is 10.3 Å². The molecule has 98 valence electrons. The minimum absolute atomic E-state index is 0.111. The summed E-state index contributed by atoms with van der Waals surface area (Å²) in [5.74, 6) is 0.543. The number of amides is 2. The number of nitroso groups, excluding NO2 is 1. The molecule has 1 aliphatic carbocycles. The molecule has 1 fully saturated rings. The summed E-state index contributed by atoms with van der Waals surface area (Å²) in [5, 5.41) is 15.4. The molecule has 0 atom stereocenters. The molecule has 0 aromatic heterocycles. The molecule has 7 heteroatoms. The largest absolute Gasteiger partial charge is 0.393 e. The smallest absolute Gasteiger partial charge is 0.340 e. The molecule has 1 aliphatic rings. The van der Waals surface area contributed by atoms with Crippen LogP contribution in [0.25, 0.3) is 0 Å². The molecule has 0 aliphatic heterocycles. The van der Waals surface area contributed by atoms with Gasteiger partial charge in [-0.25, -0.2) is 4.79 Å². The van der Waals surface area contributed by atoms with Gasteiger partial charge in [0, 0.05) is 12.4 Å². The van der Waals surface area contributed by atoms with Crippen molar-refractivity contribution in [3.63, 3.8) is 0 Å². The molecular weight excluding hydrogens is 246 g/mol. The van der Waals surface area contributed by atoms with Crippen LogP contribution in [0.15, 0.2) is 5.29 Å². The normalized spacial score (nSPS) is 24.1. The molecule has 0 heterocycles. The molecule has 0 aromatic rings. The second kappa shape index (κ2) is 7.45. The van der Waals surface area contributed by atoms with E-state index in [1.54, 1.807) is 0 Å². The first kappa shape index (κ1) is 14.2. The highest BCUT2D eigenvalue weighted by Gasteiger charge is 2.21. The number of rotatable bonds is 5. The number of nitrogens with one attached hydrogen (secondary N) is 1. The van der Waals surface area contributed by atoms with Gasteiger partial charge < -0.3 is 10.4 Å². The van der Waals surface area contributed by atoms with E-state index in [4.69, 9.17) is 11.6 Å². The van der Waals surface area contributed by atoms with E-state index in [1.165, 1.54) is 0 Å². The zero-order valence-electron chi connectivity index (χ0n) is 9.64. The maximum Gasteiger partial charge on any atom is 0.340 e. The molecule has 0 radical (unpaired) electrons. The predicted octanol–water partition coefficient (Wildman–Crippen LogP) is 1.47. The third-order valence-electron chi connectivity index (χ3n) is 2.99. The lowest BCUT2D eigenvalue weighted by Crippen LogP contribution is -2.40. The highest BCUT2D eigenvalue weighted by atomic mass is 35.5. The Balaban J connectivity index is 2.25. The summed E-state index contributed by atoms with van der Waals surface area (Å²) in [6.45, 7) is 0.625. The fourth-order valence-corrected chi connectivity index (χ4v) is 2.09. The first-order valence-electron chi connectivity index (χ1n) is 5.80. The van der Waals surface area contributed by atoms with Gasteiger partial charge in [-0.1, -0.05) is 0 Å². The SMILES string of the molecule is O=NN(CCCl)C(=O)NCC1CCC(O)CC1. The molecule has 0 spiro atoms. The average Bonchev–Trinajstić information content (AvgIpc) is 2.35. The number of hydrogen-bond acceptors (Lipinski definition) is 4. The molecule has 2 N–H and O–H groups in total. The topological polar surface area (TPSA) is 82.0 Å². The van der Waals surface area contributed by atoms with E-state index in [1.807, 2.05) is 0 Å². The Hall–Kier alpha value is -0.880. The number of aliphatic hydroxyl groups excluding tert-OH is 1. The summed E-state index contributed by atoms with van der Waals surface area (Å²) < 4.78 is 0. The quantitative estimate of drug-likeness (QED) is 0.448. The molecule has 0 unspecified atom stereocenters. The number of hydrogen-bond donors (Lipinski definition) is 2. The molecule has 1 rings (SSSR count). The van der Waals surface area contributed by atoms with E-state index in [0.29, 0.717) is 12.5 Å². The molecule has 0 bridgehead atoms. The van der Waals surface area contributed by atoms with Crippen molar-refractivity contribution in [2.45, 2.75) is 31.8 Å². The van der Waals surface area contributed by atoms with E-state index in [2.05, 4.69) is 10.6 Å². The Morgan fingerprint density at radius 3 is 2.59 bits per heavy atom. The summed E-state index contributed by atoms with van der Waals surface area (Å²) >= 11 is 5.44. The van der Waals surface area contributed by atoms with Gasteiger partial charge in [-0.2, -0.15) is 5.01 Å². The van der Waals surface area contributed by atoms with Crippen LogP contribution >= 0.6 is 11.6 Å². The Morgan fingerprint density at radius 1 is 1.41 bits per heavy atom. The predicted molar refractivity (Wildman–Crippen MR) is 64.6 cm³/mol. The first-order chi connectivity index (χ1) is 8.17. The lowest BCUT2D eigenvalue weighted by molar-refractivity contribution is 0.108. The Morgan fingerprint density at radius 2 is 2.06 bits per heavy atom. The number of aliphatic hydroxyl groups is 1. The van der Waals surface area contributed by atoms with Crippen molar-refractivity contribution in [1.29, 1.82) is 0 Å². The van der Waals surface area contributed by atoms with Crippen molar-refractivity contribution in [3.05, 3.63) is 4.91 Å². The molecule has 0 aromatic carbocycles. The van der Waals surface area contributed by atoms with E-state index in [0.717, 1.165) is 30.7 Å². The standard InChI is InChI=1S/C10H18ClN3O3/c11-5-6-14(13-17)10(16)12-7-8-1-3-9(15)4-2-8/h8-9,15H,1-7H2,(H,12,16). The van der Waals surface area contributed by atoms with Crippen LogP contribution < -0.4 is 5.32 Å². The number of halogens is 1. The van der Waals surface area contributed by atoms with Crippen molar-refractivity contribution in [3.8, 4) is 0 Å². The van der Waals surface area contributed by atoms with Crippen LogP contribution in [-0.4, -0.2) is 41.2 Å². The van der Waals surface area contributed by atoms with Gasteiger partial charge in [0.1, 0.15) is 0 Å². The fourth-order valence-electron chi connectivity index (χ4n) is 1.93. The zero-order chi connectivity index (χ0) is 12.7. The third kappa shape index (κ3) is 4.87. The van der Waals surface area contributed by atoms with Gasteiger partial charge in [0.15, 0.2) is 0 Å². The average molecular weight is 264 g/mol. The Labute approximate surface area is 105 Å². The summed E-state index contributed by atoms with van der Waals surface area (Å²) in [5.41, 5.74) is 0. The monoisotopic (exact) mass is 263 g/mol. The summed E-state index contributed by atoms with van der Waals surface area (Å²) in [4.78, 5) is 21.8. The summed E-state index contributed by atoms with van der Waals surface area (Å²) in [6.07, 6.45) is 3.14. The number of nitrogens with zero attached hydrogens (tertiary/aromatic N) is 2. The van der Waals surface area contributed by atoms with Crippen molar-refractivity contribution >= 4 is 17.6 Å². The van der Waals surface area contributed by atoms with Crippen molar-refractivity contribution < 1.29 is 9.90 Å².